The van der Waals surface area contributed by atoms with Gasteiger partial charge in [0.25, 0.3) is 0 Å². The number of hydrogen-bond donors (Lipinski definition) is 2. The van der Waals surface area contributed by atoms with Gasteiger partial charge in [-0.05, 0) is 23.9 Å². The summed E-state index contributed by atoms with van der Waals surface area (Å²) in [5.74, 6) is -1.24. The molecule has 0 aliphatic carbocycles. The van der Waals surface area contributed by atoms with Crippen molar-refractivity contribution >= 4 is 40.1 Å². The van der Waals surface area contributed by atoms with Crippen LogP contribution in [-0.2, 0) is 14.3 Å². The fraction of sp³-hybridized carbons (Fsp3) is 0.138. The number of esters is 1. The van der Waals surface area contributed by atoms with E-state index < -0.39 is 11.9 Å². The van der Waals surface area contributed by atoms with Crippen LogP contribution in [-0.4, -0.2) is 24.2 Å². The van der Waals surface area contributed by atoms with Crippen LogP contribution < -0.4 is 10.6 Å². The molecular formula is C29H25N3O3S. The summed E-state index contributed by atoms with van der Waals surface area (Å²) in [4.78, 5) is 25.8. The van der Waals surface area contributed by atoms with Crippen molar-refractivity contribution in [2.45, 2.75) is 12.8 Å². The summed E-state index contributed by atoms with van der Waals surface area (Å²) in [6, 6.07) is 25.2. The van der Waals surface area contributed by atoms with Crippen LogP contribution in [0.2, 0.25) is 0 Å². The van der Waals surface area contributed by atoms with Crippen molar-refractivity contribution in [3.63, 3.8) is 0 Å². The number of carbonyl (C=O) groups excluding carboxylic acids is 2. The molecule has 3 aromatic rings. The Morgan fingerprint density at radius 1 is 1.11 bits per heavy atom. The Morgan fingerprint density at radius 2 is 1.83 bits per heavy atom. The fourth-order valence-electron chi connectivity index (χ4n) is 4.15. The van der Waals surface area contributed by atoms with Crippen molar-refractivity contribution in [3.8, 4) is 6.07 Å². The van der Waals surface area contributed by atoms with Gasteiger partial charge in [0.2, 0.25) is 5.91 Å². The van der Waals surface area contributed by atoms with Crippen molar-refractivity contribution in [2.24, 2.45) is 0 Å². The third-order valence-corrected chi connectivity index (χ3v) is 6.76. The molecule has 4 rings (SSSR count). The van der Waals surface area contributed by atoms with Gasteiger partial charge in [-0.15, -0.1) is 0 Å². The number of fused-ring (bicyclic) bond motifs is 1. The third-order valence-electron chi connectivity index (χ3n) is 5.74. The highest BCUT2D eigenvalue weighted by atomic mass is 32.2. The van der Waals surface area contributed by atoms with E-state index >= 15 is 0 Å². The first-order chi connectivity index (χ1) is 17.5. The summed E-state index contributed by atoms with van der Waals surface area (Å²) in [5.41, 5.74) is 2.83. The number of ether oxygens (including phenoxy) is 1. The number of amides is 1. The summed E-state index contributed by atoms with van der Waals surface area (Å²) in [6.45, 7) is 5.43. The SMILES string of the molecule is C=CCOC(=O)C1=C(C)NC(SCC(=O)Nc2cccc3ccccc23)=C(C#N)[C@H]1c1ccccc1. The largest absolute Gasteiger partial charge is 0.458 e. The zero-order valence-corrected chi connectivity index (χ0v) is 20.6. The van der Waals surface area contributed by atoms with Gasteiger partial charge in [0, 0.05) is 16.8 Å². The first-order valence-electron chi connectivity index (χ1n) is 11.4. The molecule has 3 aromatic carbocycles. The quantitative estimate of drug-likeness (QED) is 0.311. The summed E-state index contributed by atoms with van der Waals surface area (Å²) in [7, 11) is 0. The smallest absolute Gasteiger partial charge is 0.337 e. The normalized spacial score (nSPS) is 15.2. The van der Waals surface area contributed by atoms with E-state index in [1.54, 1.807) is 6.92 Å². The number of dihydropyridines is 1. The number of hydrogen-bond acceptors (Lipinski definition) is 6. The summed E-state index contributed by atoms with van der Waals surface area (Å²) < 4.78 is 5.32. The molecule has 36 heavy (non-hydrogen) atoms. The van der Waals surface area contributed by atoms with E-state index in [4.69, 9.17) is 4.74 Å². The third kappa shape index (κ3) is 5.35. The molecule has 0 saturated heterocycles. The molecule has 0 aromatic heterocycles. The minimum atomic E-state index is -0.613. The Bertz CT molecular complexity index is 1420. The number of benzene rings is 3. The molecule has 0 radical (unpaired) electrons. The Balaban J connectivity index is 1.59. The van der Waals surface area contributed by atoms with Crippen LogP contribution in [0.1, 0.15) is 18.4 Å². The molecule has 0 fully saturated rings. The number of nitrogens with one attached hydrogen (secondary N) is 2. The molecule has 7 heteroatoms. The zero-order valence-electron chi connectivity index (χ0n) is 19.8. The predicted molar refractivity (Wildman–Crippen MR) is 144 cm³/mol. The molecule has 1 amide bonds. The average Bonchev–Trinajstić information content (AvgIpc) is 2.90. The second-order valence-corrected chi connectivity index (χ2v) is 9.10. The molecule has 0 unspecified atom stereocenters. The molecule has 180 valence electrons. The zero-order chi connectivity index (χ0) is 25.5. The molecule has 6 nitrogen and oxygen atoms in total. The topological polar surface area (TPSA) is 91.2 Å². The molecule has 1 heterocycles. The lowest BCUT2D eigenvalue weighted by atomic mass is 9.82. The fourth-order valence-corrected chi connectivity index (χ4v) is 5.04. The maximum atomic E-state index is 12.9. The van der Waals surface area contributed by atoms with Gasteiger partial charge < -0.3 is 15.4 Å². The number of anilines is 1. The van der Waals surface area contributed by atoms with Crippen LogP contribution in [0.15, 0.2) is 107 Å². The highest BCUT2D eigenvalue weighted by Gasteiger charge is 2.35. The lowest BCUT2D eigenvalue weighted by Gasteiger charge is -2.29. The van der Waals surface area contributed by atoms with Crippen molar-refractivity contribution in [1.29, 1.82) is 5.26 Å². The van der Waals surface area contributed by atoms with Crippen LogP contribution in [0.5, 0.6) is 0 Å². The Kier molecular flexibility index (Phi) is 7.89. The van der Waals surface area contributed by atoms with Gasteiger partial charge in [0.15, 0.2) is 0 Å². The molecule has 1 aliphatic rings. The molecule has 0 saturated carbocycles. The van der Waals surface area contributed by atoms with E-state index in [1.807, 2.05) is 72.8 Å². The monoisotopic (exact) mass is 495 g/mol. The van der Waals surface area contributed by atoms with Crippen molar-refractivity contribution in [2.75, 3.05) is 17.7 Å². The van der Waals surface area contributed by atoms with E-state index in [2.05, 4.69) is 23.3 Å². The van der Waals surface area contributed by atoms with Crippen molar-refractivity contribution in [1.82, 2.24) is 5.32 Å². The lowest BCUT2D eigenvalue weighted by molar-refractivity contribution is -0.138. The van der Waals surface area contributed by atoms with Gasteiger partial charge in [0.05, 0.1) is 33.9 Å². The Hall–Kier alpha value is -4.28. The summed E-state index contributed by atoms with van der Waals surface area (Å²) in [5, 5.41) is 18.8. The minimum absolute atomic E-state index is 0.0681. The summed E-state index contributed by atoms with van der Waals surface area (Å²) in [6.07, 6.45) is 1.50. The first-order valence-corrected chi connectivity index (χ1v) is 12.4. The predicted octanol–water partition coefficient (Wildman–Crippen LogP) is 5.64. The van der Waals surface area contributed by atoms with Crippen LogP contribution in [0.4, 0.5) is 5.69 Å². The second kappa shape index (κ2) is 11.4. The van der Waals surface area contributed by atoms with Crippen molar-refractivity contribution < 1.29 is 14.3 Å². The number of thioether (sulfide) groups is 1. The highest BCUT2D eigenvalue weighted by Crippen LogP contribution is 2.41. The van der Waals surface area contributed by atoms with Gasteiger partial charge in [-0.2, -0.15) is 5.26 Å². The standard InChI is InChI=1S/C29H25N3O3S/c1-3-16-35-29(34)26-19(2)31-28(23(17-30)27(26)21-11-5-4-6-12-21)36-18-25(33)32-24-15-9-13-20-10-7-8-14-22(20)24/h3-15,27,31H,1,16,18H2,2H3,(H,32,33)/t27-/m1/s1. The molecule has 2 N–H and O–H groups in total. The van der Waals surface area contributed by atoms with E-state index in [-0.39, 0.29) is 18.3 Å². The maximum Gasteiger partial charge on any atom is 0.337 e. The van der Waals surface area contributed by atoms with E-state index in [1.165, 1.54) is 17.8 Å². The van der Waals surface area contributed by atoms with Gasteiger partial charge >= 0.3 is 5.97 Å². The van der Waals surface area contributed by atoms with Gasteiger partial charge in [0.1, 0.15) is 6.61 Å². The first kappa shape index (κ1) is 24.8. The van der Waals surface area contributed by atoms with E-state index in [0.29, 0.717) is 21.9 Å². The molecule has 0 spiro atoms. The number of nitriles is 1. The van der Waals surface area contributed by atoms with Crippen molar-refractivity contribution in [3.05, 3.63) is 113 Å². The average molecular weight is 496 g/mol. The Labute approximate surface area is 214 Å². The van der Waals surface area contributed by atoms with Crippen LogP contribution in [0.25, 0.3) is 10.8 Å². The van der Waals surface area contributed by atoms with E-state index in [0.717, 1.165) is 22.0 Å². The van der Waals surface area contributed by atoms with E-state index in [9.17, 15) is 14.9 Å². The number of carbonyl (C=O) groups is 2. The highest BCUT2D eigenvalue weighted by molar-refractivity contribution is 8.03. The maximum absolute atomic E-state index is 12.9. The minimum Gasteiger partial charge on any atom is -0.458 e. The number of nitrogens with zero attached hydrogens (tertiary/aromatic N) is 1. The van der Waals surface area contributed by atoms with Crippen LogP contribution in [0.3, 0.4) is 0 Å². The molecule has 1 atom stereocenters. The number of rotatable bonds is 8. The molecular weight excluding hydrogens is 470 g/mol. The van der Waals surface area contributed by atoms with Gasteiger partial charge in [-0.1, -0.05) is 91.1 Å². The lowest BCUT2D eigenvalue weighted by Crippen LogP contribution is -2.29. The summed E-state index contributed by atoms with van der Waals surface area (Å²) >= 11 is 1.23. The van der Waals surface area contributed by atoms with Gasteiger partial charge in [-0.25, -0.2) is 4.79 Å². The second-order valence-electron chi connectivity index (χ2n) is 8.11. The van der Waals surface area contributed by atoms with Crippen LogP contribution >= 0.6 is 11.8 Å². The Morgan fingerprint density at radius 3 is 2.58 bits per heavy atom. The number of allylic oxidation sites excluding steroid dienone is 2. The molecule has 1 aliphatic heterocycles. The van der Waals surface area contributed by atoms with Crippen LogP contribution in [0, 0.1) is 11.3 Å². The van der Waals surface area contributed by atoms with Gasteiger partial charge in [-0.3, -0.25) is 4.79 Å². The molecule has 0 bridgehead atoms.